The van der Waals surface area contributed by atoms with Crippen LogP contribution in [0.25, 0.3) is 17.3 Å². The lowest BCUT2D eigenvalue weighted by Crippen LogP contribution is -2.33. The van der Waals surface area contributed by atoms with Gasteiger partial charge >= 0.3 is 0 Å². The van der Waals surface area contributed by atoms with E-state index in [0.717, 1.165) is 43.7 Å². The molecule has 1 saturated heterocycles. The van der Waals surface area contributed by atoms with Crippen molar-refractivity contribution in [1.29, 1.82) is 0 Å². The highest BCUT2D eigenvalue weighted by Crippen LogP contribution is 2.24. The minimum Gasteiger partial charge on any atom is -0.420 e. The zero-order chi connectivity index (χ0) is 21.8. The molecule has 1 aliphatic heterocycles. The number of rotatable bonds is 5. The Hall–Kier alpha value is -2.96. The molecule has 7 nitrogen and oxygen atoms in total. The molecular weight excluding hydrogens is 390 g/mol. The highest BCUT2D eigenvalue weighted by Gasteiger charge is 2.20. The second-order valence-corrected chi connectivity index (χ2v) is 8.77. The number of likely N-dealkylation sites (tertiary alicyclic amines) is 1. The highest BCUT2D eigenvalue weighted by atomic mass is 16.4. The van der Waals surface area contributed by atoms with E-state index >= 15 is 0 Å². The van der Waals surface area contributed by atoms with Crippen molar-refractivity contribution in [2.75, 3.05) is 13.1 Å². The van der Waals surface area contributed by atoms with Gasteiger partial charge in [0.15, 0.2) is 0 Å². The normalized spacial score (nSPS) is 15.2. The van der Waals surface area contributed by atoms with Gasteiger partial charge in [0.1, 0.15) is 5.69 Å². The first kappa shape index (κ1) is 21.3. The van der Waals surface area contributed by atoms with Crippen LogP contribution in [0.15, 0.2) is 34.7 Å². The fraction of sp³-hybridized carbons (Fsp3) is 0.500. The van der Waals surface area contributed by atoms with Crippen LogP contribution in [-0.2, 0) is 6.42 Å². The third-order valence-electron chi connectivity index (χ3n) is 5.63. The summed E-state index contributed by atoms with van der Waals surface area (Å²) in [5.74, 6) is 1.48. The molecule has 1 fully saturated rings. The van der Waals surface area contributed by atoms with Crippen LogP contribution in [0.3, 0.4) is 0 Å². The summed E-state index contributed by atoms with van der Waals surface area (Å²) in [5, 5.41) is 12.8. The zero-order valence-corrected chi connectivity index (χ0v) is 18.7. The number of nitrogens with zero attached hydrogens (tertiary/aromatic N) is 5. The Bertz CT molecular complexity index is 1030. The van der Waals surface area contributed by atoms with Gasteiger partial charge < -0.3 is 9.32 Å². The minimum absolute atomic E-state index is 0.106. The molecule has 0 bridgehead atoms. The molecule has 4 rings (SSSR count). The van der Waals surface area contributed by atoms with Crippen molar-refractivity contribution in [2.45, 2.75) is 59.3 Å². The lowest BCUT2D eigenvalue weighted by molar-refractivity contribution is 0.0742. The molecule has 0 unspecified atom stereocenters. The summed E-state index contributed by atoms with van der Waals surface area (Å²) in [7, 11) is 0. The number of hydrogen-bond acceptors (Lipinski definition) is 5. The smallest absolute Gasteiger partial charge is 0.268 e. The van der Waals surface area contributed by atoms with Crippen LogP contribution in [0.4, 0.5) is 0 Å². The first-order valence-electron chi connectivity index (χ1n) is 11.3. The predicted molar refractivity (Wildman–Crippen MR) is 119 cm³/mol. The van der Waals surface area contributed by atoms with Crippen LogP contribution in [0.5, 0.6) is 0 Å². The van der Waals surface area contributed by atoms with E-state index in [0.29, 0.717) is 29.0 Å². The summed E-state index contributed by atoms with van der Waals surface area (Å²) < 4.78 is 7.49. The number of carbonyl (C=O) groups excluding carboxylic acids is 1. The first-order valence-corrected chi connectivity index (χ1v) is 11.3. The Morgan fingerprint density at radius 1 is 1.06 bits per heavy atom. The van der Waals surface area contributed by atoms with Gasteiger partial charge in [-0.05, 0) is 49.4 Å². The molecule has 1 amide bonds. The Morgan fingerprint density at radius 2 is 1.81 bits per heavy atom. The topological polar surface area (TPSA) is 77.1 Å². The van der Waals surface area contributed by atoms with Gasteiger partial charge in [-0.1, -0.05) is 39.2 Å². The van der Waals surface area contributed by atoms with Crippen LogP contribution in [0, 0.1) is 12.8 Å². The third kappa shape index (κ3) is 5.03. The largest absolute Gasteiger partial charge is 0.420 e. The van der Waals surface area contributed by atoms with E-state index in [2.05, 4.69) is 24.0 Å². The molecule has 31 heavy (non-hydrogen) atoms. The van der Waals surface area contributed by atoms with Crippen molar-refractivity contribution >= 4 is 5.91 Å². The molecule has 0 aliphatic carbocycles. The van der Waals surface area contributed by atoms with Crippen LogP contribution < -0.4 is 0 Å². The van der Waals surface area contributed by atoms with Crippen LogP contribution in [0.1, 0.15) is 67.9 Å². The van der Waals surface area contributed by atoms with Crippen LogP contribution in [-0.4, -0.2) is 43.9 Å². The Balaban J connectivity index is 1.66. The first-order chi connectivity index (χ1) is 15.0. The van der Waals surface area contributed by atoms with Gasteiger partial charge in [-0.2, -0.15) is 5.10 Å². The third-order valence-corrected chi connectivity index (χ3v) is 5.63. The van der Waals surface area contributed by atoms with E-state index in [9.17, 15) is 4.79 Å². The number of benzene rings is 1. The Morgan fingerprint density at radius 3 is 2.48 bits per heavy atom. The van der Waals surface area contributed by atoms with E-state index in [4.69, 9.17) is 9.52 Å². The number of carbonyl (C=O) groups is 1. The molecule has 7 heteroatoms. The van der Waals surface area contributed by atoms with Crippen molar-refractivity contribution in [1.82, 2.24) is 24.9 Å². The summed E-state index contributed by atoms with van der Waals surface area (Å²) in [6.07, 6.45) is 6.69. The van der Waals surface area contributed by atoms with Gasteiger partial charge in [0.05, 0.1) is 5.69 Å². The van der Waals surface area contributed by atoms with Crippen molar-refractivity contribution in [2.24, 2.45) is 5.92 Å². The molecule has 164 valence electrons. The number of amides is 1. The maximum atomic E-state index is 13.2. The van der Waals surface area contributed by atoms with Gasteiger partial charge in [-0.3, -0.25) is 4.79 Å². The Labute approximate surface area is 183 Å². The van der Waals surface area contributed by atoms with Crippen molar-refractivity contribution < 1.29 is 9.21 Å². The van der Waals surface area contributed by atoms with Gasteiger partial charge in [-0.15, -0.1) is 10.2 Å². The number of aryl methyl sites for hydroxylation is 1. The van der Waals surface area contributed by atoms with E-state index in [1.807, 2.05) is 39.9 Å². The molecule has 0 spiro atoms. The van der Waals surface area contributed by atoms with Crippen LogP contribution in [0.2, 0.25) is 0 Å². The summed E-state index contributed by atoms with van der Waals surface area (Å²) in [6, 6.07) is 9.77. The molecule has 3 heterocycles. The molecule has 3 aromatic rings. The minimum atomic E-state index is 0.106. The van der Waals surface area contributed by atoms with Gasteiger partial charge in [0.25, 0.3) is 11.8 Å². The maximum Gasteiger partial charge on any atom is 0.268 e. The molecule has 0 atom stereocenters. The molecule has 1 aromatic carbocycles. The summed E-state index contributed by atoms with van der Waals surface area (Å²) >= 11 is 0. The number of aromatic nitrogens is 4. The highest BCUT2D eigenvalue weighted by molar-refractivity contribution is 5.94. The summed E-state index contributed by atoms with van der Waals surface area (Å²) in [6.45, 7) is 7.79. The second-order valence-electron chi connectivity index (χ2n) is 8.77. The average Bonchev–Trinajstić information content (AvgIpc) is 3.33. The van der Waals surface area contributed by atoms with Crippen LogP contribution >= 0.6 is 0 Å². The molecule has 0 saturated carbocycles. The Kier molecular flexibility index (Phi) is 6.49. The molecule has 0 radical (unpaired) electrons. The lowest BCUT2D eigenvalue weighted by Gasteiger charge is -2.25. The van der Waals surface area contributed by atoms with E-state index in [1.165, 1.54) is 19.3 Å². The number of hydrogen-bond donors (Lipinski definition) is 0. The van der Waals surface area contributed by atoms with Crippen molar-refractivity contribution in [3.63, 3.8) is 0 Å². The molecule has 1 aliphatic rings. The van der Waals surface area contributed by atoms with E-state index < -0.39 is 0 Å². The van der Waals surface area contributed by atoms with Gasteiger partial charge in [0, 0.05) is 31.3 Å². The zero-order valence-electron chi connectivity index (χ0n) is 18.7. The summed E-state index contributed by atoms with van der Waals surface area (Å²) in [5.41, 5.74) is 3.28. The standard InChI is InChI=1S/C24H31N5O2/c1-17(2)14-21-16-22(23-26-25-18(3)31-23)27-29(21)20-11-9-10-19(15-20)24(30)28-12-7-5-4-6-8-13-28/h9-11,15-17H,4-8,12-14H2,1-3H3. The van der Waals surface area contributed by atoms with Gasteiger partial charge in [0.2, 0.25) is 5.89 Å². The second kappa shape index (κ2) is 9.45. The van der Waals surface area contributed by atoms with Crippen molar-refractivity contribution in [3.8, 4) is 17.3 Å². The van der Waals surface area contributed by atoms with Crippen molar-refractivity contribution in [3.05, 3.63) is 47.5 Å². The van der Waals surface area contributed by atoms with E-state index in [-0.39, 0.29) is 5.91 Å². The predicted octanol–water partition coefficient (Wildman–Crippen LogP) is 4.84. The van der Waals surface area contributed by atoms with Gasteiger partial charge in [-0.25, -0.2) is 4.68 Å². The monoisotopic (exact) mass is 421 g/mol. The quantitative estimate of drug-likeness (QED) is 0.589. The maximum absolute atomic E-state index is 13.2. The molecular formula is C24H31N5O2. The van der Waals surface area contributed by atoms with E-state index in [1.54, 1.807) is 6.92 Å². The fourth-order valence-electron chi connectivity index (χ4n) is 4.12. The SMILES string of the molecule is Cc1nnc(-c2cc(CC(C)C)n(-c3cccc(C(=O)N4CCCCCCC4)c3)n2)o1. The summed E-state index contributed by atoms with van der Waals surface area (Å²) in [4.78, 5) is 15.2. The average molecular weight is 422 g/mol. The molecule has 0 N–H and O–H groups in total. The molecule has 2 aromatic heterocycles. The lowest BCUT2D eigenvalue weighted by atomic mass is 10.1. The fourth-order valence-corrected chi connectivity index (χ4v) is 4.12.